The number of halogens is 1. The largest absolute Gasteiger partial charge is 0.371 e. The zero-order valence-corrected chi connectivity index (χ0v) is 19.8. The smallest absolute Gasteiger partial charge is 0.228 e. The second kappa shape index (κ2) is 9.46. The molecule has 1 spiro atoms. The van der Waals surface area contributed by atoms with Crippen LogP contribution in [0.25, 0.3) is 0 Å². The second-order valence-electron chi connectivity index (χ2n) is 10.3. The van der Waals surface area contributed by atoms with E-state index in [1.165, 1.54) is 36.6 Å². The third-order valence-corrected chi connectivity index (χ3v) is 8.20. The van der Waals surface area contributed by atoms with Gasteiger partial charge >= 0.3 is 0 Å². The molecule has 5 rings (SSSR count). The maximum atomic E-state index is 13.6. The Labute approximate surface area is 197 Å². The molecule has 0 bridgehead atoms. The van der Waals surface area contributed by atoms with Gasteiger partial charge in [0.25, 0.3) is 0 Å². The average Bonchev–Trinajstić information content (AvgIpc) is 3.06. The molecule has 5 heteroatoms. The number of hydrogen-bond donors (Lipinski definition) is 0. The van der Waals surface area contributed by atoms with E-state index in [2.05, 4.69) is 34.1 Å². The SMILES string of the molecule is CN1C(=O)C2(CCN(Cc3ccccc3N3CCCCC3)CC2)CC1Cc1cccc(F)c1. The van der Waals surface area contributed by atoms with Gasteiger partial charge in [-0.3, -0.25) is 9.69 Å². The minimum absolute atomic E-state index is 0.158. The number of nitrogens with zero attached hydrogens (tertiary/aromatic N) is 3. The lowest BCUT2D eigenvalue weighted by Crippen LogP contribution is -2.44. The molecule has 0 radical (unpaired) electrons. The molecule has 2 aromatic carbocycles. The quantitative estimate of drug-likeness (QED) is 0.652. The van der Waals surface area contributed by atoms with Crippen molar-refractivity contribution in [2.24, 2.45) is 5.41 Å². The first-order chi connectivity index (χ1) is 16.0. The van der Waals surface area contributed by atoms with Crippen molar-refractivity contribution in [1.82, 2.24) is 9.80 Å². The van der Waals surface area contributed by atoms with E-state index >= 15 is 0 Å². The first kappa shape index (κ1) is 22.4. The molecular weight excluding hydrogens is 413 g/mol. The number of carbonyl (C=O) groups is 1. The topological polar surface area (TPSA) is 26.8 Å². The highest BCUT2D eigenvalue weighted by molar-refractivity contribution is 5.85. The maximum absolute atomic E-state index is 13.6. The van der Waals surface area contributed by atoms with Gasteiger partial charge in [0.15, 0.2) is 0 Å². The minimum Gasteiger partial charge on any atom is -0.371 e. The molecule has 3 saturated heterocycles. The van der Waals surface area contributed by atoms with Crippen LogP contribution in [-0.4, -0.2) is 55.0 Å². The Balaban J connectivity index is 1.22. The molecule has 0 aromatic heterocycles. The van der Waals surface area contributed by atoms with Crippen LogP contribution in [0.3, 0.4) is 0 Å². The Kier molecular flexibility index (Phi) is 6.42. The third-order valence-electron chi connectivity index (χ3n) is 8.20. The van der Waals surface area contributed by atoms with Gasteiger partial charge in [-0.05, 0) is 87.4 Å². The monoisotopic (exact) mass is 449 g/mol. The number of benzene rings is 2. The first-order valence-corrected chi connectivity index (χ1v) is 12.6. The van der Waals surface area contributed by atoms with Crippen LogP contribution in [0.15, 0.2) is 48.5 Å². The van der Waals surface area contributed by atoms with Gasteiger partial charge in [0.05, 0.1) is 5.41 Å². The average molecular weight is 450 g/mol. The van der Waals surface area contributed by atoms with Crippen molar-refractivity contribution in [3.05, 3.63) is 65.5 Å². The predicted molar refractivity (Wildman–Crippen MR) is 131 cm³/mol. The molecule has 0 aliphatic carbocycles. The van der Waals surface area contributed by atoms with Crippen molar-refractivity contribution in [3.63, 3.8) is 0 Å². The molecule has 1 amide bonds. The van der Waals surface area contributed by atoms with E-state index in [1.807, 2.05) is 18.0 Å². The molecule has 1 unspecified atom stereocenters. The summed E-state index contributed by atoms with van der Waals surface area (Å²) in [7, 11) is 1.93. The molecule has 0 saturated carbocycles. The third kappa shape index (κ3) is 4.65. The molecule has 2 aromatic rings. The van der Waals surface area contributed by atoms with Crippen molar-refractivity contribution in [2.75, 3.05) is 38.1 Å². The van der Waals surface area contributed by atoms with Gasteiger partial charge in [0.1, 0.15) is 5.82 Å². The Morgan fingerprint density at radius 3 is 2.48 bits per heavy atom. The van der Waals surface area contributed by atoms with Gasteiger partial charge in [-0.1, -0.05) is 30.3 Å². The number of amides is 1. The standard InChI is InChI=1S/C28H36FN3O/c1-30-25(19-22-8-7-10-24(29)18-22)20-28(27(30)33)12-16-31(17-13-28)21-23-9-3-4-11-26(23)32-14-5-2-6-15-32/h3-4,7-11,18,25H,2,5-6,12-17,19-21H2,1H3. The van der Waals surface area contributed by atoms with Crippen molar-refractivity contribution in [2.45, 2.75) is 57.5 Å². The molecule has 3 fully saturated rings. The summed E-state index contributed by atoms with van der Waals surface area (Å²) in [5.74, 6) is 0.0876. The van der Waals surface area contributed by atoms with Crippen LogP contribution in [0.2, 0.25) is 0 Å². The number of piperidine rings is 2. The van der Waals surface area contributed by atoms with Crippen LogP contribution in [0, 0.1) is 11.2 Å². The highest BCUT2D eigenvalue weighted by atomic mass is 19.1. The van der Waals surface area contributed by atoms with Gasteiger partial charge in [0.2, 0.25) is 5.91 Å². The summed E-state index contributed by atoms with van der Waals surface area (Å²) >= 11 is 0. The van der Waals surface area contributed by atoms with Crippen LogP contribution >= 0.6 is 0 Å². The molecule has 176 valence electrons. The number of anilines is 1. The van der Waals surface area contributed by atoms with Crippen LogP contribution in [0.4, 0.5) is 10.1 Å². The number of carbonyl (C=O) groups excluding carboxylic acids is 1. The maximum Gasteiger partial charge on any atom is 0.228 e. The fourth-order valence-electron chi connectivity index (χ4n) is 6.25. The van der Waals surface area contributed by atoms with E-state index in [9.17, 15) is 9.18 Å². The summed E-state index contributed by atoms with van der Waals surface area (Å²) in [6.07, 6.45) is 7.37. The predicted octanol–water partition coefficient (Wildman–Crippen LogP) is 4.87. The number of hydrogen-bond acceptors (Lipinski definition) is 3. The molecule has 33 heavy (non-hydrogen) atoms. The normalized spacial score (nSPS) is 23.5. The lowest BCUT2D eigenvalue weighted by molar-refractivity contribution is -0.137. The summed E-state index contributed by atoms with van der Waals surface area (Å²) < 4.78 is 13.6. The number of rotatable bonds is 5. The molecule has 3 aliphatic rings. The van der Waals surface area contributed by atoms with Crippen LogP contribution in [-0.2, 0) is 17.8 Å². The van der Waals surface area contributed by atoms with E-state index in [0.717, 1.165) is 64.0 Å². The van der Waals surface area contributed by atoms with Gasteiger partial charge < -0.3 is 9.80 Å². The van der Waals surface area contributed by atoms with E-state index in [4.69, 9.17) is 0 Å². The zero-order valence-electron chi connectivity index (χ0n) is 19.8. The minimum atomic E-state index is -0.240. The summed E-state index contributed by atoms with van der Waals surface area (Å²) in [6, 6.07) is 15.8. The van der Waals surface area contributed by atoms with Crippen molar-refractivity contribution in [3.8, 4) is 0 Å². The summed E-state index contributed by atoms with van der Waals surface area (Å²) in [5.41, 5.74) is 3.54. The first-order valence-electron chi connectivity index (χ1n) is 12.6. The molecule has 4 nitrogen and oxygen atoms in total. The summed E-state index contributed by atoms with van der Waals surface area (Å²) in [6.45, 7) is 5.20. The fraction of sp³-hybridized carbons (Fsp3) is 0.536. The van der Waals surface area contributed by atoms with Gasteiger partial charge in [-0.25, -0.2) is 4.39 Å². The van der Waals surface area contributed by atoms with E-state index in [-0.39, 0.29) is 23.2 Å². The lowest BCUT2D eigenvalue weighted by Gasteiger charge is -2.38. The second-order valence-corrected chi connectivity index (χ2v) is 10.3. The fourth-order valence-corrected chi connectivity index (χ4v) is 6.25. The molecule has 3 heterocycles. The van der Waals surface area contributed by atoms with E-state index in [1.54, 1.807) is 12.1 Å². The van der Waals surface area contributed by atoms with Crippen molar-refractivity contribution in [1.29, 1.82) is 0 Å². The Hall–Kier alpha value is -2.40. The molecular formula is C28H36FN3O. The van der Waals surface area contributed by atoms with Gasteiger partial charge in [0, 0.05) is 38.4 Å². The number of likely N-dealkylation sites (N-methyl/N-ethyl adjacent to an activating group) is 1. The van der Waals surface area contributed by atoms with Crippen molar-refractivity contribution >= 4 is 11.6 Å². The molecule has 1 atom stereocenters. The van der Waals surface area contributed by atoms with Crippen LogP contribution in [0.5, 0.6) is 0 Å². The molecule has 3 aliphatic heterocycles. The lowest BCUT2D eigenvalue weighted by atomic mass is 9.75. The highest BCUT2D eigenvalue weighted by Crippen LogP contribution is 2.45. The number of likely N-dealkylation sites (tertiary alicyclic amines) is 2. The summed E-state index contributed by atoms with van der Waals surface area (Å²) in [5, 5.41) is 0. The molecule has 0 N–H and O–H groups in total. The van der Waals surface area contributed by atoms with Crippen LogP contribution in [0.1, 0.15) is 49.7 Å². The Morgan fingerprint density at radius 2 is 1.73 bits per heavy atom. The number of para-hydroxylation sites is 1. The Bertz CT molecular complexity index is 979. The van der Waals surface area contributed by atoms with E-state index < -0.39 is 0 Å². The van der Waals surface area contributed by atoms with E-state index in [0.29, 0.717) is 0 Å². The highest BCUT2D eigenvalue weighted by Gasteiger charge is 2.51. The zero-order chi connectivity index (χ0) is 22.8. The van der Waals surface area contributed by atoms with Gasteiger partial charge in [-0.2, -0.15) is 0 Å². The van der Waals surface area contributed by atoms with Crippen molar-refractivity contribution < 1.29 is 9.18 Å². The Morgan fingerprint density at radius 1 is 0.970 bits per heavy atom. The van der Waals surface area contributed by atoms with Crippen LogP contribution < -0.4 is 4.90 Å². The van der Waals surface area contributed by atoms with Gasteiger partial charge in [-0.15, -0.1) is 0 Å². The summed E-state index contributed by atoms with van der Waals surface area (Å²) in [4.78, 5) is 20.3.